The van der Waals surface area contributed by atoms with Crippen LogP contribution in [0.15, 0.2) is 60.7 Å². The molecule has 0 fully saturated rings. The second kappa shape index (κ2) is 7.85. The number of esters is 1. The molecular formula is C18H13F2NO2. The molecule has 2 aromatic carbocycles. The van der Waals surface area contributed by atoms with E-state index >= 15 is 0 Å². The summed E-state index contributed by atoms with van der Waals surface area (Å²) in [4.78, 5) is 12.0. The van der Waals surface area contributed by atoms with E-state index in [2.05, 4.69) is 0 Å². The van der Waals surface area contributed by atoms with Crippen LogP contribution in [0, 0.1) is 11.3 Å². The number of hydrogen-bond donors (Lipinski definition) is 0. The highest BCUT2D eigenvalue weighted by molar-refractivity contribution is 5.91. The minimum Gasteiger partial charge on any atom is -0.423 e. The Kier molecular flexibility index (Phi) is 5.59. The van der Waals surface area contributed by atoms with Crippen LogP contribution >= 0.6 is 0 Å². The Morgan fingerprint density at radius 3 is 2.30 bits per heavy atom. The van der Waals surface area contributed by atoms with E-state index in [4.69, 9.17) is 10.00 Å². The van der Waals surface area contributed by atoms with Gasteiger partial charge in [-0.3, -0.25) is 0 Å². The summed E-state index contributed by atoms with van der Waals surface area (Å²) in [5.74, 6) is -0.169. The quantitative estimate of drug-likeness (QED) is 0.603. The molecule has 0 saturated carbocycles. The van der Waals surface area contributed by atoms with Gasteiger partial charge in [-0.05, 0) is 60.9 Å². The number of carbonyl (C=O) groups is 1. The average Bonchev–Trinajstić information content (AvgIpc) is 2.56. The largest absolute Gasteiger partial charge is 0.423 e. The third-order valence-electron chi connectivity index (χ3n) is 3.12. The first-order chi connectivity index (χ1) is 11.1. The molecule has 0 saturated heterocycles. The maximum Gasteiger partial charge on any atom is 0.343 e. The molecule has 0 aliphatic rings. The van der Waals surface area contributed by atoms with Crippen molar-refractivity contribution in [3.63, 3.8) is 0 Å². The van der Waals surface area contributed by atoms with Crippen LogP contribution in [0.2, 0.25) is 0 Å². The van der Waals surface area contributed by atoms with Gasteiger partial charge >= 0.3 is 5.97 Å². The van der Waals surface area contributed by atoms with Crippen molar-refractivity contribution in [3.8, 4) is 11.8 Å². The van der Waals surface area contributed by atoms with Gasteiger partial charge < -0.3 is 4.74 Å². The van der Waals surface area contributed by atoms with E-state index < -0.39 is 12.0 Å². The lowest BCUT2D eigenvalue weighted by atomic mass is 10.1. The fraction of sp³-hybridized carbons (Fsp3) is 0.111. The van der Waals surface area contributed by atoms with E-state index in [1.807, 2.05) is 6.07 Å². The van der Waals surface area contributed by atoms with Gasteiger partial charge in [0.25, 0.3) is 6.08 Å². The molecule has 0 N–H and O–H groups in total. The van der Waals surface area contributed by atoms with Gasteiger partial charge in [0.05, 0.1) is 17.2 Å². The Bertz CT molecular complexity index is 740. The molecular weight excluding hydrogens is 300 g/mol. The number of rotatable bonds is 5. The lowest BCUT2D eigenvalue weighted by molar-refractivity contribution is 0.0734. The van der Waals surface area contributed by atoms with Gasteiger partial charge in [-0.25, -0.2) is 4.79 Å². The van der Waals surface area contributed by atoms with Crippen molar-refractivity contribution in [3.05, 3.63) is 77.4 Å². The van der Waals surface area contributed by atoms with Crippen LogP contribution in [0.3, 0.4) is 0 Å². The highest BCUT2D eigenvalue weighted by Crippen LogP contribution is 2.15. The van der Waals surface area contributed by atoms with E-state index in [-0.39, 0.29) is 6.42 Å². The van der Waals surface area contributed by atoms with Gasteiger partial charge in [0.1, 0.15) is 5.75 Å². The highest BCUT2D eigenvalue weighted by Gasteiger charge is 2.08. The lowest BCUT2D eigenvalue weighted by Crippen LogP contribution is -2.08. The van der Waals surface area contributed by atoms with Crippen LogP contribution in [0.5, 0.6) is 5.75 Å². The van der Waals surface area contributed by atoms with Gasteiger partial charge in [-0.2, -0.15) is 14.0 Å². The Labute approximate surface area is 132 Å². The summed E-state index contributed by atoms with van der Waals surface area (Å²) in [6, 6.07) is 14.8. The molecule has 0 bridgehead atoms. The fourth-order valence-electron chi connectivity index (χ4n) is 1.92. The summed E-state index contributed by atoms with van der Waals surface area (Å²) in [7, 11) is 0. The SMILES string of the molecule is N#Cc1ccc(OC(=O)c2ccc(CCC=C(F)F)cc2)cc1. The number of benzene rings is 2. The zero-order valence-electron chi connectivity index (χ0n) is 12.1. The molecule has 2 aromatic rings. The first-order valence-electron chi connectivity index (χ1n) is 6.91. The van der Waals surface area contributed by atoms with E-state index in [1.54, 1.807) is 48.5 Å². The monoisotopic (exact) mass is 313 g/mol. The third-order valence-corrected chi connectivity index (χ3v) is 3.12. The Morgan fingerprint density at radius 1 is 1.09 bits per heavy atom. The van der Waals surface area contributed by atoms with Gasteiger partial charge in [-0.1, -0.05) is 12.1 Å². The number of hydrogen-bond acceptors (Lipinski definition) is 3. The van der Waals surface area contributed by atoms with Gasteiger partial charge in [0.15, 0.2) is 0 Å². The van der Waals surface area contributed by atoms with Crippen LogP contribution in [-0.2, 0) is 6.42 Å². The second-order valence-electron chi connectivity index (χ2n) is 4.76. The number of halogens is 2. The normalized spacial score (nSPS) is 9.78. The summed E-state index contributed by atoms with van der Waals surface area (Å²) >= 11 is 0. The fourth-order valence-corrected chi connectivity index (χ4v) is 1.92. The molecule has 0 amide bonds. The summed E-state index contributed by atoms with van der Waals surface area (Å²) < 4.78 is 29.1. The van der Waals surface area contributed by atoms with E-state index in [0.29, 0.717) is 23.3 Å². The van der Waals surface area contributed by atoms with Crippen LogP contribution in [0.4, 0.5) is 8.78 Å². The van der Waals surface area contributed by atoms with Crippen molar-refractivity contribution < 1.29 is 18.3 Å². The van der Waals surface area contributed by atoms with E-state index in [0.717, 1.165) is 11.6 Å². The number of nitriles is 1. The minimum atomic E-state index is -1.69. The molecule has 116 valence electrons. The van der Waals surface area contributed by atoms with Crippen molar-refractivity contribution in [1.82, 2.24) is 0 Å². The summed E-state index contributed by atoms with van der Waals surface area (Å²) in [6.45, 7) is 0. The molecule has 3 nitrogen and oxygen atoms in total. The molecule has 0 heterocycles. The van der Waals surface area contributed by atoms with Crippen molar-refractivity contribution in [1.29, 1.82) is 5.26 Å². The molecule has 0 unspecified atom stereocenters. The molecule has 0 atom stereocenters. The van der Waals surface area contributed by atoms with Crippen molar-refractivity contribution in [2.75, 3.05) is 0 Å². The molecule has 0 spiro atoms. The van der Waals surface area contributed by atoms with Gasteiger partial charge in [0, 0.05) is 0 Å². The summed E-state index contributed by atoms with van der Waals surface area (Å²) in [6.07, 6.45) is -0.0974. The Hall–Kier alpha value is -3.00. The highest BCUT2D eigenvalue weighted by atomic mass is 19.3. The first-order valence-corrected chi connectivity index (χ1v) is 6.91. The number of ether oxygens (including phenoxy) is 1. The van der Waals surface area contributed by atoms with Crippen LogP contribution < -0.4 is 4.74 Å². The predicted molar refractivity (Wildman–Crippen MR) is 81.2 cm³/mol. The van der Waals surface area contributed by atoms with Gasteiger partial charge in [-0.15, -0.1) is 0 Å². The van der Waals surface area contributed by atoms with Crippen molar-refractivity contribution in [2.45, 2.75) is 12.8 Å². The molecule has 0 aliphatic heterocycles. The third kappa shape index (κ3) is 5.04. The minimum absolute atomic E-state index is 0.247. The lowest BCUT2D eigenvalue weighted by Gasteiger charge is -2.05. The molecule has 2 rings (SSSR count). The van der Waals surface area contributed by atoms with Crippen LogP contribution in [-0.4, -0.2) is 5.97 Å². The molecule has 5 heteroatoms. The zero-order chi connectivity index (χ0) is 16.7. The Balaban J connectivity index is 1.96. The average molecular weight is 313 g/mol. The molecule has 0 radical (unpaired) electrons. The maximum absolute atomic E-state index is 12.0. The van der Waals surface area contributed by atoms with Crippen LogP contribution in [0.1, 0.15) is 27.9 Å². The number of nitrogens with zero attached hydrogens (tertiary/aromatic N) is 1. The predicted octanol–water partition coefficient (Wildman–Crippen LogP) is 4.49. The van der Waals surface area contributed by atoms with E-state index in [1.165, 1.54) is 0 Å². The first kappa shape index (κ1) is 16.4. The maximum atomic E-state index is 12.0. The molecule has 0 aliphatic carbocycles. The van der Waals surface area contributed by atoms with Gasteiger partial charge in [0.2, 0.25) is 0 Å². The smallest absolute Gasteiger partial charge is 0.343 e. The molecule has 0 aromatic heterocycles. The van der Waals surface area contributed by atoms with Crippen molar-refractivity contribution in [2.24, 2.45) is 0 Å². The zero-order valence-corrected chi connectivity index (χ0v) is 12.1. The van der Waals surface area contributed by atoms with Crippen molar-refractivity contribution >= 4 is 5.97 Å². The summed E-state index contributed by atoms with van der Waals surface area (Å²) in [5, 5.41) is 8.70. The topological polar surface area (TPSA) is 50.1 Å². The van der Waals surface area contributed by atoms with E-state index in [9.17, 15) is 13.6 Å². The molecule has 23 heavy (non-hydrogen) atoms. The standard InChI is InChI=1S/C18H13F2NO2/c19-17(20)3-1-2-13-4-8-15(9-5-13)18(22)23-16-10-6-14(12-21)7-11-16/h3-11H,1-2H2. The van der Waals surface area contributed by atoms with Crippen LogP contribution in [0.25, 0.3) is 0 Å². The number of aryl methyl sites for hydroxylation is 1. The number of allylic oxidation sites excluding steroid dienone is 1. The Morgan fingerprint density at radius 2 is 1.74 bits per heavy atom. The number of carbonyl (C=O) groups excluding carboxylic acids is 1. The second-order valence-corrected chi connectivity index (χ2v) is 4.76. The summed E-state index contributed by atoms with van der Waals surface area (Å²) in [5.41, 5.74) is 1.70.